The van der Waals surface area contributed by atoms with Crippen LogP contribution >= 0.6 is 23.8 Å². The zero-order valence-corrected chi connectivity index (χ0v) is 27.5. The lowest BCUT2D eigenvalue weighted by molar-refractivity contribution is -0.136. The Hall–Kier alpha value is -3.70. The molecule has 45 heavy (non-hydrogen) atoms. The molecule has 0 bridgehead atoms. The van der Waals surface area contributed by atoms with Crippen LogP contribution in [0.5, 0.6) is 0 Å². The van der Waals surface area contributed by atoms with Crippen LogP contribution in [-0.2, 0) is 33.8 Å². The van der Waals surface area contributed by atoms with E-state index < -0.39 is 41.3 Å². The molecule has 1 aliphatic carbocycles. The van der Waals surface area contributed by atoms with Crippen LogP contribution in [0.4, 0.5) is 9.18 Å². The van der Waals surface area contributed by atoms with Gasteiger partial charge in [0.05, 0.1) is 21.6 Å². The summed E-state index contributed by atoms with van der Waals surface area (Å²) >= 11 is 11.7. The van der Waals surface area contributed by atoms with Crippen LogP contribution in [-0.4, -0.2) is 45.5 Å². The van der Waals surface area contributed by atoms with Crippen LogP contribution < -0.4 is 21.7 Å². The fourth-order valence-electron chi connectivity index (χ4n) is 5.74. The van der Waals surface area contributed by atoms with E-state index in [0.717, 1.165) is 11.3 Å². The number of hydrogen-bond acceptors (Lipinski definition) is 5. The summed E-state index contributed by atoms with van der Waals surface area (Å²) in [6.45, 7) is 7.68. The smallest absolute Gasteiger partial charge is 0.408 e. The number of hydrogen-bond donors (Lipinski definition) is 5. The molecule has 0 saturated carbocycles. The number of carbonyl (C=O) groups excluding carboxylic acids is 3. The number of halogens is 2. The summed E-state index contributed by atoms with van der Waals surface area (Å²) in [6, 6.07) is 10.2. The van der Waals surface area contributed by atoms with Gasteiger partial charge in [0.25, 0.3) is 0 Å². The highest BCUT2D eigenvalue weighted by Gasteiger charge is 2.46. The van der Waals surface area contributed by atoms with Crippen LogP contribution in [0, 0.1) is 17.7 Å². The number of amides is 3. The van der Waals surface area contributed by atoms with Gasteiger partial charge in [-0.25, -0.2) is 9.18 Å². The molecule has 9 nitrogen and oxygen atoms in total. The lowest BCUT2D eigenvalue weighted by Crippen LogP contribution is -2.67. The minimum atomic E-state index is -1.46. The fraction of sp³-hybridized carbons (Fsp3) is 0.455. The first kappa shape index (κ1) is 34.2. The highest BCUT2D eigenvalue weighted by Crippen LogP contribution is 2.37. The zero-order valence-electron chi connectivity index (χ0n) is 26.0. The third kappa shape index (κ3) is 7.76. The van der Waals surface area contributed by atoms with Gasteiger partial charge in [0, 0.05) is 17.5 Å². The number of aromatic nitrogens is 1. The number of fused-ring (bicyclic) bond motifs is 3. The van der Waals surface area contributed by atoms with E-state index in [4.69, 9.17) is 34.3 Å². The number of benzene rings is 2. The predicted octanol–water partition coefficient (Wildman–Crippen LogP) is 5.46. The predicted molar refractivity (Wildman–Crippen MR) is 177 cm³/mol. The lowest BCUT2D eigenvalue weighted by Gasteiger charge is -2.39. The Morgan fingerprint density at radius 3 is 2.40 bits per heavy atom. The number of aryl methyl sites for hydroxylation is 1. The van der Waals surface area contributed by atoms with Crippen molar-refractivity contribution in [3.05, 3.63) is 70.1 Å². The van der Waals surface area contributed by atoms with Gasteiger partial charge in [0.2, 0.25) is 11.8 Å². The van der Waals surface area contributed by atoms with Gasteiger partial charge >= 0.3 is 6.09 Å². The van der Waals surface area contributed by atoms with E-state index in [9.17, 15) is 18.8 Å². The second-order valence-electron chi connectivity index (χ2n) is 11.9. The molecule has 0 radical (unpaired) electrons. The number of carbonyl (C=O) groups is 3. The van der Waals surface area contributed by atoms with Gasteiger partial charge in [0.15, 0.2) is 0 Å². The maximum absolute atomic E-state index is 14.5. The fourth-order valence-corrected chi connectivity index (χ4v) is 6.29. The average molecular weight is 658 g/mol. The van der Waals surface area contributed by atoms with Crippen molar-refractivity contribution in [3.8, 4) is 0 Å². The molecule has 1 aromatic heterocycles. The summed E-state index contributed by atoms with van der Waals surface area (Å²) in [6.07, 6.45) is 1.17. The summed E-state index contributed by atoms with van der Waals surface area (Å²) in [7, 11) is 0. The van der Waals surface area contributed by atoms with Gasteiger partial charge in [-0.2, -0.15) is 0 Å². The maximum atomic E-state index is 14.5. The summed E-state index contributed by atoms with van der Waals surface area (Å²) < 4.78 is 19.9. The third-order valence-electron chi connectivity index (χ3n) is 8.89. The SMILES string of the molecule is CCC(C)[C@H](NC(=O)OCc1ccccc1)C(=O)N[C@]1(C(=O)N[C@H](C(N)=S)C(C)CC)CCc2[nH]c3c(Cl)cc(F)cc3c2C1. The normalized spacial score (nSPS) is 18.6. The quantitative estimate of drug-likeness (QED) is 0.164. The standard InChI is InChI=1S/C33H41ClFN5O4S/c1-5-18(3)26(29(36)45)38-31(42)33(13-12-25-23(16-33)22-14-21(35)15-24(34)28(22)37-25)40-30(41)27(19(4)6-2)39-32(43)44-17-20-10-8-7-9-11-20/h7-11,14-15,18-19,26-27,37H,5-6,12-13,16-17H2,1-4H3,(H2,36,45)(H,38,42)(H,39,43)(H,40,41)/t18?,19?,26-,27-,33+/m0/s1. The Kier molecular flexibility index (Phi) is 11.1. The Balaban J connectivity index is 1.66. The van der Waals surface area contributed by atoms with E-state index in [1.54, 1.807) is 0 Å². The van der Waals surface area contributed by atoms with Crippen molar-refractivity contribution in [3.63, 3.8) is 0 Å². The van der Waals surface area contributed by atoms with Crippen LogP contribution in [0.1, 0.15) is 63.8 Å². The molecule has 6 N–H and O–H groups in total. The van der Waals surface area contributed by atoms with Crippen molar-refractivity contribution in [1.29, 1.82) is 0 Å². The first-order valence-electron chi connectivity index (χ1n) is 15.3. The minimum absolute atomic E-state index is 0.0340. The molecule has 12 heteroatoms. The molecule has 1 aliphatic rings. The zero-order chi connectivity index (χ0) is 32.9. The second kappa shape index (κ2) is 14.6. The number of H-pyrrole nitrogens is 1. The summed E-state index contributed by atoms with van der Waals surface area (Å²) in [4.78, 5) is 44.6. The molecule has 0 saturated heterocycles. The van der Waals surface area contributed by atoms with Crippen molar-refractivity contribution in [2.45, 2.75) is 84.0 Å². The number of thiocarbonyl (C=S) groups is 1. The Morgan fingerprint density at radius 2 is 1.76 bits per heavy atom. The largest absolute Gasteiger partial charge is 0.445 e. The van der Waals surface area contributed by atoms with Gasteiger partial charge in [-0.15, -0.1) is 0 Å². The molecule has 0 fully saturated rings. The summed E-state index contributed by atoms with van der Waals surface area (Å²) in [5.41, 5.74) is 7.43. The molecule has 2 aromatic carbocycles. The molecule has 0 spiro atoms. The Labute approximate surface area is 273 Å². The number of nitrogens with one attached hydrogen (secondary N) is 4. The molecular weight excluding hydrogens is 617 g/mol. The van der Waals surface area contributed by atoms with Crippen molar-refractivity contribution in [1.82, 2.24) is 20.9 Å². The highest BCUT2D eigenvalue weighted by atomic mass is 35.5. The minimum Gasteiger partial charge on any atom is -0.445 e. The van der Waals surface area contributed by atoms with Crippen LogP contribution in [0.15, 0.2) is 42.5 Å². The third-order valence-corrected chi connectivity index (χ3v) is 9.44. The topological polar surface area (TPSA) is 138 Å². The molecule has 2 unspecified atom stereocenters. The van der Waals surface area contributed by atoms with E-state index in [1.807, 2.05) is 58.0 Å². The molecule has 0 aliphatic heterocycles. The van der Waals surface area contributed by atoms with Crippen molar-refractivity contribution in [2.75, 3.05) is 0 Å². The summed E-state index contributed by atoms with van der Waals surface area (Å²) in [5.74, 6) is -1.88. The molecule has 1 heterocycles. The molecule has 5 atom stereocenters. The number of ether oxygens (including phenoxy) is 1. The van der Waals surface area contributed by atoms with Gasteiger partial charge in [-0.05, 0) is 47.9 Å². The lowest BCUT2D eigenvalue weighted by atomic mass is 9.78. The molecule has 242 valence electrons. The van der Waals surface area contributed by atoms with Crippen molar-refractivity contribution in [2.24, 2.45) is 17.6 Å². The maximum Gasteiger partial charge on any atom is 0.408 e. The Morgan fingerprint density at radius 1 is 1.09 bits per heavy atom. The van der Waals surface area contributed by atoms with E-state index in [-0.39, 0.29) is 41.3 Å². The molecule has 3 aromatic rings. The van der Waals surface area contributed by atoms with Gasteiger partial charge in [-0.1, -0.05) is 94.7 Å². The monoisotopic (exact) mass is 657 g/mol. The van der Waals surface area contributed by atoms with Crippen LogP contribution in [0.25, 0.3) is 10.9 Å². The number of rotatable bonds is 12. The van der Waals surface area contributed by atoms with Crippen LogP contribution in [0.2, 0.25) is 5.02 Å². The molecule has 4 rings (SSSR count). The summed E-state index contributed by atoms with van der Waals surface area (Å²) in [5, 5.41) is 9.47. The first-order chi connectivity index (χ1) is 21.4. The average Bonchev–Trinajstić information content (AvgIpc) is 3.38. The number of alkyl carbamates (subject to hydrolysis) is 1. The van der Waals surface area contributed by atoms with Gasteiger partial charge in [-0.3, -0.25) is 9.59 Å². The van der Waals surface area contributed by atoms with E-state index in [1.165, 1.54) is 12.1 Å². The first-order valence-corrected chi connectivity index (χ1v) is 16.1. The molecular formula is C33H41ClFN5O4S. The number of aromatic amines is 1. The Bertz CT molecular complexity index is 1570. The highest BCUT2D eigenvalue weighted by molar-refractivity contribution is 7.80. The van der Waals surface area contributed by atoms with Gasteiger partial charge < -0.3 is 31.4 Å². The van der Waals surface area contributed by atoms with E-state index >= 15 is 0 Å². The molecule has 3 amide bonds. The van der Waals surface area contributed by atoms with Crippen molar-refractivity contribution >= 4 is 57.6 Å². The second-order valence-corrected chi connectivity index (χ2v) is 12.8. The van der Waals surface area contributed by atoms with E-state index in [2.05, 4.69) is 20.9 Å². The van der Waals surface area contributed by atoms with Crippen LogP contribution in [0.3, 0.4) is 0 Å². The van der Waals surface area contributed by atoms with E-state index in [0.29, 0.717) is 35.7 Å². The van der Waals surface area contributed by atoms with Crippen molar-refractivity contribution < 1.29 is 23.5 Å². The van der Waals surface area contributed by atoms with Gasteiger partial charge in [0.1, 0.15) is 24.0 Å². The number of nitrogens with two attached hydrogens (primary N) is 1.